The molecule has 0 spiro atoms. The number of nitrogens with one attached hydrogen (secondary N) is 3. The Hall–Kier alpha value is -3.25. The molecule has 166 valence electrons. The van der Waals surface area contributed by atoms with E-state index in [1.165, 1.54) is 41.7 Å². The van der Waals surface area contributed by atoms with E-state index in [9.17, 15) is 27.6 Å². The Labute approximate surface area is 178 Å². The number of H-pyrrole nitrogens is 1. The molecule has 2 amide bonds. The molecule has 0 unspecified atom stereocenters. The fraction of sp³-hybridized carbons (Fsp3) is 0.368. The molecule has 1 fully saturated rings. The van der Waals surface area contributed by atoms with Gasteiger partial charge in [0.15, 0.2) is 0 Å². The fourth-order valence-corrected chi connectivity index (χ4v) is 4.77. The first-order valence-electron chi connectivity index (χ1n) is 9.62. The van der Waals surface area contributed by atoms with E-state index in [2.05, 4.69) is 15.6 Å². The molecule has 11 nitrogen and oxygen atoms in total. The molecule has 1 saturated heterocycles. The molecule has 2 heterocycles. The van der Waals surface area contributed by atoms with Crippen molar-refractivity contribution in [3.63, 3.8) is 0 Å². The lowest BCUT2D eigenvalue weighted by atomic mass is 10.1. The Kier molecular flexibility index (Phi) is 6.71. The van der Waals surface area contributed by atoms with Crippen molar-refractivity contribution in [2.24, 2.45) is 0 Å². The van der Waals surface area contributed by atoms with Gasteiger partial charge >= 0.3 is 5.69 Å². The number of carbonyl (C=O) groups is 2. The number of nitrogens with zero attached hydrogens (tertiary/aromatic N) is 2. The van der Waals surface area contributed by atoms with Crippen LogP contribution in [0.15, 0.2) is 51.0 Å². The number of amides is 2. The number of anilines is 1. The normalized spacial score (nSPS) is 15.4. The predicted molar refractivity (Wildman–Crippen MR) is 112 cm³/mol. The minimum absolute atomic E-state index is 0.126. The van der Waals surface area contributed by atoms with Crippen LogP contribution < -0.4 is 21.9 Å². The zero-order chi connectivity index (χ0) is 22.6. The van der Waals surface area contributed by atoms with Crippen LogP contribution in [0.25, 0.3) is 0 Å². The zero-order valence-electron chi connectivity index (χ0n) is 16.8. The summed E-state index contributed by atoms with van der Waals surface area (Å²) in [6.45, 7) is 1.60. The van der Waals surface area contributed by atoms with Crippen LogP contribution in [0, 0.1) is 0 Å². The molecule has 3 rings (SSSR count). The van der Waals surface area contributed by atoms with Gasteiger partial charge < -0.3 is 10.6 Å². The van der Waals surface area contributed by atoms with Gasteiger partial charge in [0.25, 0.3) is 5.56 Å². The lowest BCUT2D eigenvalue weighted by Gasteiger charge is -2.31. The Morgan fingerprint density at radius 3 is 2.32 bits per heavy atom. The summed E-state index contributed by atoms with van der Waals surface area (Å²) in [5, 5.41) is 5.38. The summed E-state index contributed by atoms with van der Waals surface area (Å²) in [5.41, 5.74) is -0.706. The second-order valence-electron chi connectivity index (χ2n) is 7.19. The number of aromatic amines is 1. The first-order valence-corrected chi connectivity index (χ1v) is 11.1. The van der Waals surface area contributed by atoms with Crippen LogP contribution in [0.3, 0.4) is 0 Å². The van der Waals surface area contributed by atoms with Crippen molar-refractivity contribution in [3.05, 3.63) is 57.4 Å². The highest BCUT2D eigenvalue weighted by molar-refractivity contribution is 7.89. The average Bonchev–Trinajstić information content (AvgIpc) is 2.70. The van der Waals surface area contributed by atoms with Gasteiger partial charge in [0.2, 0.25) is 21.8 Å². The standard InChI is InChI=1S/C19H23N5O6S/c1-13(25)20-14-2-4-16(5-3-14)31(29,30)24-10-6-15(7-11-24)21-18(27)12-23-9-8-17(26)22-19(23)28/h2-5,8-9,15H,6-7,10-12H2,1H3,(H,20,25)(H,21,27)(H,22,26,28). The number of benzene rings is 1. The molecular weight excluding hydrogens is 426 g/mol. The molecule has 1 aromatic heterocycles. The van der Waals surface area contributed by atoms with Crippen molar-refractivity contribution in [3.8, 4) is 0 Å². The SMILES string of the molecule is CC(=O)Nc1ccc(S(=O)(=O)N2CCC(NC(=O)Cn3ccc(=O)[nH]c3=O)CC2)cc1. The fourth-order valence-electron chi connectivity index (χ4n) is 3.30. The third kappa shape index (κ3) is 5.67. The molecule has 3 N–H and O–H groups in total. The van der Waals surface area contributed by atoms with Gasteiger partial charge in [-0.2, -0.15) is 4.31 Å². The van der Waals surface area contributed by atoms with E-state index in [4.69, 9.17) is 0 Å². The maximum Gasteiger partial charge on any atom is 0.328 e. The van der Waals surface area contributed by atoms with Gasteiger partial charge in [-0.1, -0.05) is 0 Å². The van der Waals surface area contributed by atoms with E-state index < -0.39 is 27.2 Å². The molecule has 0 radical (unpaired) electrons. The zero-order valence-corrected chi connectivity index (χ0v) is 17.6. The number of rotatable bonds is 6. The van der Waals surface area contributed by atoms with Crippen LogP contribution >= 0.6 is 0 Å². The minimum Gasteiger partial charge on any atom is -0.352 e. The number of piperidine rings is 1. The van der Waals surface area contributed by atoms with E-state index >= 15 is 0 Å². The molecule has 12 heteroatoms. The van der Waals surface area contributed by atoms with Crippen LogP contribution in [0.4, 0.5) is 5.69 Å². The van der Waals surface area contributed by atoms with Gasteiger partial charge in [-0.3, -0.25) is 23.9 Å². The quantitative estimate of drug-likeness (QED) is 0.539. The number of hydrogen-bond acceptors (Lipinski definition) is 6. The summed E-state index contributed by atoms with van der Waals surface area (Å²) in [7, 11) is -3.69. The molecule has 1 aliphatic heterocycles. The second kappa shape index (κ2) is 9.27. The Balaban J connectivity index is 1.55. The van der Waals surface area contributed by atoms with Crippen molar-refractivity contribution < 1.29 is 18.0 Å². The smallest absolute Gasteiger partial charge is 0.328 e. The third-order valence-electron chi connectivity index (χ3n) is 4.84. The van der Waals surface area contributed by atoms with Crippen LogP contribution in [0.5, 0.6) is 0 Å². The molecule has 1 aliphatic rings. The van der Waals surface area contributed by atoms with E-state index in [0.29, 0.717) is 18.5 Å². The number of sulfonamides is 1. The van der Waals surface area contributed by atoms with Gasteiger partial charge in [-0.15, -0.1) is 0 Å². The van der Waals surface area contributed by atoms with Crippen LogP contribution in [-0.2, 0) is 26.2 Å². The van der Waals surface area contributed by atoms with E-state index in [0.717, 1.165) is 10.6 Å². The molecule has 31 heavy (non-hydrogen) atoms. The first-order chi connectivity index (χ1) is 14.6. The summed E-state index contributed by atoms with van der Waals surface area (Å²) in [4.78, 5) is 48.2. The molecule has 0 saturated carbocycles. The van der Waals surface area contributed by atoms with Gasteiger partial charge in [0.05, 0.1) is 4.90 Å². The van der Waals surface area contributed by atoms with E-state index in [-0.39, 0.29) is 36.5 Å². The lowest BCUT2D eigenvalue weighted by Crippen LogP contribution is -2.47. The molecular formula is C19H23N5O6S. The first kappa shape index (κ1) is 22.4. The van der Waals surface area contributed by atoms with Crippen molar-refractivity contribution >= 4 is 27.5 Å². The minimum atomic E-state index is -3.69. The molecule has 2 aromatic rings. The monoisotopic (exact) mass is 449 g/mol. The van der Waals surface area contributed by atoms with Crippen molar-refractivity contribution in [2.45, 2.75) is 37.2 Å². The summed E-state index contributed by atoms with van der Waals surface area (Å²) in [5.74, 6) is -0.644. The maximum absolute atomic E-state index is 12.8. The van der Waals surface area contributed by atoms with E-state index in [1.807, 2.05) is 0 Å². The van der Waals surface area contributed by atoms with Crippen molar-refractivity contribution in [2.75, 3.05) is 18.4 Å². The lowest BCUT2D eigenvalue weighted by molar-refractivity contribution is -0.122. The van der Waals surface area contributed by atoms with E-state index in [1.54, 1.807) is 0 Å². The summed E-state index contributed by atoms with van der Waals surface area (Å²) < 4.78 is 28.1. The Morgan fingerprint density at radius 2 is 1.74 bits per heavy atom. The van der Waals surface area contributed by atoms with Gasteiger partial charge in [-0.05, 0) is 37.1 Å². The van der Waals surface area contributed by atoms with Gasteiger partial charge in [0.1, 0.15) is 6.54 Å². The van der Waals surface area contributed by atoms with Gasteiger partial charge in [-0.25, -0.2) is 13.2 Å². The number of hydrogen-bond donors (Lipinski definition) is 3. The summed E-state index contributed by atoms with van der Waals surface area (Å²) in [6, 6.07) is 6.87. The topological polar surface area (TPSA) is 150 Å². The third-order valence-corrected chi connectivity index (χ3v) is 6.76. The number of carbonyl (C=O) groups excluding carboxylic acids is 2. The average molecular weight is 449 g/mol. The molecule has 1 aromatic carbocycles. The summed E-state index contributed by atoms with van der Waals surface area (Å²) >= 11 is 0. The second-order valence-corrected chi connectivity index (χ2v) is 9.13. The summed E-state index contributed by atoms with van der Waals surface area (Å²) in [6.07, 6.45) is 2.10. The largest absolute Gasteiger partial charge is 0.352 e. The van der Waals surface area contributed by atoms with Gasteiger partial charge in [0, 0.05) is 44.0 Å². The van der Waals surface area contributed by atoms with Crippen molar-refractivity contribution in [1.82, 2.24) is 19.2 Å². The van der Waals surface area contributed by atoms with Crippen LogP contribution in [0.1, 0.15) is 19.8 Å². The highest BCUT2D eigenvalue weighted by Crippen LogP contribution is 2.22. The van der Waals surface area contributed by atoms with Crippen LogP contribution in [0.2, 0.25) is 0 Å². The Bertz CT molecular complexity index is 1180. The predicted octanol–water partition coefficient (Wildman–Crippen LogP) is -0.535. The highest BCUT2D eigenvalue weighted by atomic mass is 32.2. The molecule has 0 atom stereocenters. The molecule has 0 aliphatic carbocycles. The maximum atomic E-state index is 12.8. The Morgan fingerprint density at radius 1 is 1.10 bits per heavy atom. The highest BCUT2D eigenvalue weighted by Gasteiger charge is 2.30. The van der Waals surface area contributed by atoms with Crippen molar-refractivity contribution in [1.29, 1.82) is 0 Å². The van der Waals surface area contributed by atoms with Crippen LogP contribution in [-0.4, -0.2) is 53.2 Å². The number of aromatic nitrogens is 2. The molecule has 0 bridgehead atoms.